The van der Waals surface area contributed by atoms with E-state index in [4.69, 9.17) is 0 Å². The zero-order valence-corrected chi connectivity index (χ0v) is 15.8. The molecule has 0 saturated heterocycles. The van der Waals surface area contributed by atoms with Crippen molar-refractivity contribution in [2.24, 2.45) is 0 Å². The highest BCUT2D eigenvalue weighted by Gasteiger charge is 2.45. The highest BCUT2D eigenvalue weighted by atomic mass is 28.3. The second-order valence-electron chi connectivity index (χ2n) is 7.30. The number of hydrogen-bond donors (Lipinski definition) is 2. The van der Waals surface area contributed by atoms with Gasteiger partial charge in [-0.25, -0.2) is 4.39 Å². The van der Waals surface area contributed by atoms with Gasteiger partial charge < -0.3 is 14.3 Å². The van der Waals surface area contributed by atoms with Crippen molar-refractivity contribution in [2.45, 2.75) is 58.2 Å². The van der Waals surface area contributed by atoms with E-state index in [1.54, 1.807) is 6.07 Å². The third kappa shape index (κ3) is 2.67. The maximum atomic E-state index is 14.0. The summed E-state index contributed by atoms with van der Waals surface area (Å²) >= 11 is 0. The van der Waals surface area contributed by atoms with Crippen LogP contribution in [0.25, 0.3) is 10.9 Å². The van der Waals surface area contributed by atoms with Crippen LogP contribution in [-0.2, 0) is 0 Å². The van der Waals surface area contributed by atoms with E-state index in [1.807, 2.05) is 12.3 Å². The van der Waals surface area contributed by atoms with E-state index in [1.165, 1.54) is 6.07 Å². The van der Waals surface area contributed by atoms with E-state index >= 15 is 0 Å². The van der Waals surface area contributed by atoms with Crippen molar-refractivity contribution in [3.05, 3.63) is 30.2 Å². The van der Waals surface area contributed by atoms with Gasteiger partial charge in [0.05, 0.1) is 0 Å². The van der Waals surface area contributed by atoms with Crippen molar-refractivity contribution in [1.82, 2.24) is 4.23 Å². The summed E-state index contributed by atoms with van der Waals surface area (Å²) in [5.41, 5.74) is 2.39. The molecule has 2 N–H and O–H groups in total. The lowest BCUT2D eigenvalue weighted by molar-refractivity contribution is 0.423. The van der Waals surface area contributed by atoms with Gasteiger partial charge in [-0.1, -0.05) is 41.5 Å². The number of aromatic nitrogens is 1. The molecular formula is C17H27BFNO2Si. The van der Waals surface area contributed by atoms with E-state index < -0.39 is 21.2 Å². The highest BCUT2D eigenvalue weighted by molar-refractivity contribution is 6.82. The fourth-order valence-corrected chi connectivity index (χ4v) is 11.3. The first-order valence-corrected chi connectivity index (χ1v) is 10.5. The predicted octanol–water partition coefficient (Wildman–Crippen LogP) is 3.48. The quantitative estimate of drug-likeness (QED) is 0.822. The van der Waals surface area contributed by atoms with Crippen molar-refractivity contribution in [3.63, 3.8) is 0 Å². The molecule has 0 fully saturated rings. The molecule has 23 heavy (non-hydrogen) atoms. The van der Waals surface area contributed by atoms with Crippen LogP contribution < -0.4 is 5.46 Å². The van der Waals surface area contributed by atoms with Crippen LogP contribution in [0.15, 0.2) is 24.4 Å². The molecule has 126 valence electrons. The molecule has 2 aromatic rings. The number of halogens is 1. The molecule has 2 rings (SSSR count). The van der Waals surface area contributed by atoms with Crippen LogP contribution in [0.5, 0.6) is 0 Å². The summed E-state index contributed by atoms with van der Waals surface area (Å²) < 4.78 is 16.4. The van der Waals surface area contributed by atoms with Gasteiger partial charge in [-0.05, 0) is 41.0 Å². The third-order valence-electron chi connectivity index (χ3n) is 5.31. The van der Waals surface area contributed by atoms with Gasteiger partial charge in [0.1, 0.15) is 5.82 Å². The summed E-state index contributed by atoms with van der Waals surface area (Å²) in [6, 6.07) is 4.93. The van der Waals surface area contributed by atoms with E-state index in [0.717, 1.165) is 5.52 Å². The Kier molecular flexibility index (Phi) is 5.09. The van der Waals surface area contributed by atoms with E-state index in [-0.39, 0.29) is 5.46 Å². The van der Waals surface area contributed by atoms with Gasteiger partial charge in [0.15, 0.2) is 8.24 Å². The van der Waals surface area contributed by atoms with E-state index in [0.29, 0.717) is 22.0 Å². The summed E-state index contributed by atoms with van der Waals surface area (Å²) in [4.78, 5) is 0. The summed E-state index contributed by atoms with van der Waals surface area (Å²) in [7, 11) is -3.76. The molecule has 0 unspecified atom stereocenters. The molecule has 6 heteroatoms. The Balaban J connectivity index is 2.84. The van der Waals surface area contributed by atoms with Gasteiger partial charge >= 0.3 is 7.12 Å². The van der Waals surface area contributed by atoms with Crippen molar-refractivity contribution in [2.75, 3.05) is 0 Å². The van der Waals surface area contributed by atoms with Gasteiger partial charge in [-0.3, -0.25) is 0 Å². The van der Waals surface area contributed by atoms with Gasteiger partial charge in [-0.2, -0.15) is 0 Å². The number of fused-ring (bicyclic) bond motifs is 1. The second-order valence-corrected chi connectivity index (χ2v) is 13.0. The maximum Gasteiger partial charge on any atom is 0.492 e. The molecule has 0 aliphatic carbocycles. The number of rotatable bonds is 5. The summed E-state index contributed by atoms with van der Waals surface area (Å²) in [5, 5.41) is 19.7. The van der Waals surface area contributed by atoms with Crippen molar-refractivity contribution < 1.29 is 14.4 Å². The minimum absolute atomic E-state index is 0.0274. The first-order chi connectivity index (χ1) is 10.7. The molecule has 0 saturated carbocycles. The largest absolute Gasteiger partial charge is 0.492 e. The number of hydrogen-bond acceptors (Lipinski definition) is 2. The molecule has 0 radical (unpaired) electrons. The molecule has 3 nitrogen and oxygen atoms in total. The molecule has 0 amide bonds. The Morgan fingerprint density at radius 3 is 1.91 bits per heavy atom. The summed E-state index contributed by atoms with van der Waals surface area (Å²) in [6.07, 6.45) is 2.02. The zero-order valence-electron chi connectivity index (χ0n) is 14.8. The molecule has 1 aromatic carbocycles. The van der Waals surface area contributed by atoms with Crippen LogP contribution in [0.3, 0.4) is 0 Å². The minimum atomic E-state index is -1.96. The highest BCUT2D eigenvalue weighted by Crippen LogP contribution is 2.44. The SMILES string of the molecule is CC(C)[Si](C(C)C)(C(C)C)n1ccc2c(B(O)O)c(F)ccc21. The van der Waals surface area contributed by atoms with Gasteiger partial charge in [-0.15, -0.1) is 0 Å². The van der Waals surface area contributed by atoms with Crippen LogP contribution in [0.4, 0.5) is 4.39 Å². The lowest BCUT2D eigenvalue weighted by Crippen LogP contribution is -2.51. The zero-order chi connectivity index (χ0) is 17.5. The number of nitrogens with zero attached hydrogens (tertiary/aromatic N) is 1. The van der Waals surface area contributed by atoms with Crippen molar-refractivity contribution >= 4 is 31.7 Å². The molecule has 0 aliphatic rings. The van der Waals surface area contributed by atoms with Gasteiger partial charge in [0.25, 0.3) is 0 Å². The third-order valence-corrected chi connectivity index (χ3v) is 12.1. The van der Waals surface area contributed by atoms with Crippen LogP contribution in [0.2, 0.25) is 16.6 Å². The fourth-order valence-electron chi connectivity index (χ4n) is 4.65. The molecule has 0 bridgehead atoms. The smallest absolute Gasteiger partial charge is 0.423 e. The molecule has 1 aromatic heterocycles. The van der Waals surface area contributed by atoms with E-state index in [9.17, 15) is 14.4 Å². The Bertz CT molecular complexity index is 675. The average Bonchev–Trinajstić information content (AvgIpc) is 2.81. The maximum absolute atomic E-state index is 14.0. The van der Waals surface area contributed by atoms with Crippen molar-refractivity contribution in [3.8, 4) is 0 Å². The molecule has 1 heterocycles. The monoisotopic (exact) mass is 335 g/mol. The Morgan fingerprint density at radius 1 is 0.957 bits per heavy atom. The number of benzene rings is 1. The van der Waals surface area contributed by atoms with Crippen LogP contribution >= 0.6 is 0 Å². The summed E-state index contributed by atoms with van der Waals surface area (Å²) in [5.74, 6) is -0.573. The Hall–Kier alpha value is -1.11. The topological polar surface area (TPSA) is 45.4 Å². The summed E-state index contributed by atoms with van der Waals surface area (Å²) in [6.45, 7) is 13.6. The molecule has 0 spiro atoms. The standard InChI is InChI=1S/C17H27BFNO2Si/c1-11(2)23(12(3)4,13(5)6)20-10-9-14-16(20)8-7-15(19)17(14)18(21)22/h7-13,21-22H,1-6H3. The lowest BCUT2D eigenvalue weighted by atomic mass is 9.77. The first-order valence-electron chi connectivity index (χ1n) is 8.31. The fraction of sp³-hybridized carbons (Fsp3) is 0.529. The Morgan fingerprint density at radius 2 is 1.48 bits per heavy atom. The van der Waals surface area contributed by atoms with Crippen molar-refractivity contribution in [1.29, 1.82) is 0 Å². The Labute approximate surface area is 139 Å². The van der Waals surface area contributed by atoms with Crippen LogP contribution in [0.1, 0.15) is 41.5 Å². The predicted molar refractivity (Wildman–Crippen MR) is 98.2 cm³/mol. The minimum Gasteiger partial charge on any atom is -0.423 e. The normalized spacial score (nSPS) is 12.9. The second kappa shape index (κ2) is 6.42. The molecular weight excluding hydrogens is 308 g/mol. The molecule has 0 atom stereocenters. The van der Waals surface area contributed by atoms with Crippen LogP contribution in [-0.4, -0.2) is 29.6 Å². The molecule has 0 aliphatic heterocycles. The lowest BCUT2D eigenvalue weighted by Gasteiger charge is -2.44. The van der Waals surface area contributed by atoms with Gasteiger partial charge in [0, 0.05) is 16.4 Å². The van der Waals surface area contributed by atoms with Gasteiger partial charge in [0.2, 0.25) is 0 Å². The van der Waals surface area contributed by atoms with E-state index in [2.05, 4.69) is 45.8 Å². The first kappa shape index (κ1) is 18.2. The van der Waals surface area contributed by atoms with Crippen LogP contribution in [0, 0.1) is 5.82 Å². The average molecular weight is 335 g/mol.